The van der Waals surface area contributed by atoms with E-state index in [0.717, 1.165) is 19.3 Å². The van der Waals surface area contributed by atoms with Crippen LogP contribution in [0.25, 0.3) is 0 Å². The molecule has 0 heterocycles. The topological polar surface area (TPSA) is 61.8 Å². The van der Waals surface area contributed by atoms with Gasteiger partial charge in [0.05, 0.1) is 13.2 Å². The average Bonchev–Trinajstić information content (AvgIpc) is 2.22. The molecule has 0 saturated heterocycles. The van der Waals surface area contributed by atoms with Crippen molar-refractivity contribution in [1.29, 1.82) is 0 Å². The molecule has 5 nitrogen and oxygen atoms in total. The van der Waals surface area contributed by atoms with Crippen molar-refractivity contribution < 1.29 is 24.1 Å². The van der Waals surface area contributed by atoms with Gasteiger partial charge in [0.1, 0.15) is 0 Å². The lowest BCUT2D eigenvalue weighted by Gasteiger charge is -1.97. The zero-order chi connectivity index (χ0) is 12.8. The van der Waals surface area contributed by atoms with E-state index < -0.39 is 5.97 Å². The standard InChI is InChI=1S/C6H12O3.C5H10O2/c1-3-4-5-8-9-6(2)7;1-3-4-7-5(2)6/h3-5H2,1-2H3;3-4H2,1-2H3. The summed E-state index contributed by atoms with van der Waals surface area (Å²) in [7, 11) is 0. The summed E-state index contributed by atoms with van der Waals surface area (Å²) in [6, 6.07) is 0. The second kappa shape index (κ2) is 13.9. The second-order valence-electron chi connectivity index (χ2n) is 3.09. The van der Waals surface area contributed by atoms with Gasteiger partial charge in [-0.2, -0.15) is 4.89 Å². The molecule has 0 amide bonds. The Kier molecular flexibility index (Phi) is 15.0. The van der Waals surface area contributed by atoms with Crippen molar-refractivity contribution in [2.24, 2.45) is 0 Å². The Morgan fingerprint density at radius 2 is 1.56 bits per heavy atom. The number of rotatable bonds is 6. The van der Waals surface area contributed by atoms with Crippen molar-refractivity contribution >= 4 is 11.9 Å². The summed E-state index contributed by atoms with van der Waals surface area (Å²) >= 11 is 0. The number of hydrogen-bond acceptors (Lipinski definition) is 5. The molecule has 0 unspecified atom stereocenters. The van der Waals surface area contributed by atoms with E-state index >= 15 is 0 Å². The fourth-order valence-corrected chi connectivity index (χ4v) is 0.574. The van der Waals surface area contributed by atoms with Gasteiger partial charge in [0, 0.05) is 13.8 Å². The molecule has 0 rings (SSSR count). The van der Waals surface area contributed by atoms with Gasteiger partial charge < -0.3 is 4.74 Å². The molecule has 0 aliphatic rings. The minimum atomic E-state index is -0.397. The number of esters is 1. The monoisotopic (exact) mass is 234 g/mol. The Morgan fingerprint density at radius 3 is 1.88 bits per heavy atom. The Balaban J connectivity index is 0. The molecule has 5 heteroatoms. The van der Waals surface area contributed by atoms with E-state index in [2.05, 4.69) is 14.5 Å². The quantitative estimate of drug-likeness (QED) is 0.305. The summed E-state index contributed by atoms with van der Waals surface area (Å²) in [5.74, 6) is -0.590. The number of carbonyl (C=O) groups is 2. The van der Waals surface area contributed by atoms with Crippen molar-refractivity contribution in [1.82, 2.24) is 0 Å². The minimum Gasteiger partial charge on any atom is -0.466 e. The van der Waals surface area contributed by atoms with Gasteiger partial charge in [-0.1, -0.05) is 20.3 Å². The molecular weight excluding hydrogens is 212 g/mol. The molecule has 0 spiro atoms. The Morgan fingerprint density at radius 1 is 0.938 bits per heavy atom. The summed E-state index contributed by atoms with van der Waals surface area (Å²) in [6.45, 7) is 7.77. The fraction of sp³-hybridized carbons (Fsp3) is 0.818. The maximum Gasteiger partial charge on any atom is 0.339 e. The van der Waals surface area contributed by atoms with Gasteiger partial charge in [-0.15, -0.1) is 0 Å². The number of hydrogen-bond donors (Lipinski definition) is 0. The normalized spacial score (nSPS) is 8.75. The molecule has 0 atom stereocenters. The molecule has 0 bridgehead atoms. The third-order valence-electron chi connectivity index (χ3n) is 1.27. The van der Waals surface area contributed by atoms with Crippen LogP contribution in [0.4, 0.5) is 0 Å². The summed E-state index contributed by atoms with van der Waals surface area (Å²) in [6.07, 6.45) is 2.87. The first-order valence-electron chi connectivity index (χ1n) is 5.47. The van der Waals surface area contributed by atoms with E-state index in [1.165, 1.54) is 13.8 Å². The van der Waals surface area contributed by atoms with Crippen LogP contribution in [0.5, 0.6) is 0 Å². The van der Waals surface area contributed by atoms with Crippen LogP contribution >= 0.6 is 0 Å². The van der Waals surface area contributed by atoms with Crippen LogP contribution in [0.3, 0.4) is 0 Å². The maximum atomic E-state index is 10.1. The molecule has 0 aliphatic carbocycles. The lowest BCUT2D eigenvalue weighted by molar-refractivity contribution is -0.270. The zero-order valence-electron chi connectivity index (χ0n) is 10.6. The summed E-state index contributed by atoms with van der Waals surface area (Å²) in [4.78, 5) is 28.7. The summed E-state index contributed by atoms with van der Waals surface area (Å²) < 4.78 is 4.55. The van der Waals surface area contributed by atoms with Crippen LogP contribution in [0.2, 0.25) is 0 Å². The van der Waals surface area contributed by atoms with Gasteiger partial charge >= 0.3 is 11.9 Å². The molecule has 0 aliphatic heterocycles. The van der Waals surface area contributed by atoms with E-state index in [1.54, 1.807) is 0 Å². The summed E-state index contributed by atoms with van der Waals surface area (Å²) in [5, 5.41) is 0. The predicted molar refractivity (Wildman–Crippen MR) is 59.6 cm³/mol. The molecule has 0 radical (unpaired) electrons. The van der Waals surface area contributed by atoms with E-state index in [0.29, 0.717) is 13.2 Å². The molecular formula is C11H22O5. The first-order chi connectivity index (χ1) is 7.54. The highest BCUT2D eigenvalue weighted by Crippen LogP contribution is 1.88. The van der Waals surface area contributed by atoms with E-state index in [9.17, 15) is 9.59 Å². The van der Waals surface area contributed by atoms with Gasteiger partial charge in [0.15, 0.2) is 0 Å². The Bertz CT molecular complexity index is 179. The highest BCUT2D eigenvalue weighted by atomic mass is 17.2. The van der Waals surface area contributed by atoms with Crippen molar-refractivity contribution in [2.45, 2.75) is 47.0 Å². The molecule has 0 saturated carbocycles. The van der Waals surface area contributed by atoms with Crippen molar-refractivity contribution in [3.8, 4) is 0 Å². The summed E-state index contributed by atoms with van der Waals surface area (Å²) in [5.41, 5.74) is 0. The van der Waals surface area contributed by atoms with Gasteiger partial charge in [-0.05, 0) is 12.8 Å². The van der Waals surface area contributed by atoms with Gasteiger partial charge in [0.25, 0.3) is 0 Å². The fourth-order valence-electron chi connectivity index (χ4n) is 0.574. The molecule has 16 heavy (non-hydrogen) atoms. The molecule has 0 aromatic carbocycles. The Hall–Kier alpha value is -1.10. The largest absolute Gasteiger partial charge is 0.466 e. The van der Waals surface area contributed by atoms with Gasteiger partial charge in [-0.3, -0.25) is 9.68 Å². The van der Waals surface area contributed by atoms with Crippen LogP contribution < -0.4 is 0 Å². The van der Waals surface area contributed by atoms with Crippen LogP contribution in [0.1, 0.15) is 47.0 Å². The molecule has 0 fully saturated rings. The first kappa shape index (κ1) is 17.3. The van der Waals surface area contributed by atoms with E-state index in [1.807, 2.05) is 13.8 Å². The van der Waals surface area contributed by atoms with Crippen LogP contribution in [-0.4, -0.2) is 25.2 Å². The third kappa shape index (κ3) is 23.1. The number of unbranched alkanes of at least 4 members (excludes halogenated alkanes) is 1. The first-order valence-corrected chi connectivity index (χ1v) is 5.47. The van der Waals surface area contributed by atoms with Crippen molar-refractivity contribution in [3.63, 3.8) is 0 Å². The van der Waals surface area contributed by atoms with Crippen LogP contribution in [0.15, 0.2) is 0 Å². The zero-order valence-corrected chi connectivity index (χ0v) is 10.6. The second-order valence-corrected chi connectivity index (χ2v) is 3.09. The lowest BCUT2D eigenvalue weighted by Crippen LogP contribution is -2.00. The SMILES string of the molecule is CCCCOOC(C)=O.CCCOC(C)=O. The number of carbonyl (C=O) groups excluding carboxylic acids is 2. The van der Waals surface area contributed by atoms with Crippen LogP contribution in [0, 0.1) is 0 Å². The minimum absolute atomic E-state index is 0.193. The molecule has 96 valence electrons. The highest BCUT2D eigenvalue weighted by molar-refractivity contribution is 5.65. The third-order valence-corrected chi connectivity index (χ3v) is 1.27. The molecule has 0 aromatic heterocycles. The lowest BCUT2D eigenvalue weighted by atomic mass is 10.4. The molecule has 0 aromatic rings. The highest BCUT2D eigenvalue weighted by Gasteiger charge is 1.90. The van der Waals surface area contributed by atoms with Crippen molar-refractivity contribution in [2.75, 3.05) is 13.2 Å². The number of ether oxygens (including phenoxy) is 1. The maximum absolute atomic E-state index is 10.1. The predicted octanol–water partition coefficient (Wildman–Crippen LogP) is 2.24. The van der Waals surface area contributed by atoms with Gasteiger partial charge in [-0.25, -0.2) is 4.79 Å². The Labute approximate surface area is 97.0 Å². The van der Waals surface area contributed by atoms with Crippen LogP contribution in [-0.2, 0) is 24.1 Å². The van der Waals surface area contributed by atoms with E-state index in [4.69, 9.17) is 0 Å². The van der Waals surface area contributed by atoms with E-state index in [-0.39, 0.29) is 5.97 Å². The average molecular weight is 234 g/mol. The van der Waals surface area contributed by atoms with Gasteiger partial charge in [0.2, 0.25) is 0 Å². The molecule has 0 N–H and O–H groups in total. The van der Waals surface area contributed by atoms with Crippen molar-refractivity contribution in [3.05, 3.63) is 0 Å². The smallest absolute Gasteiger partial charge is 0.339 e.